The summed E-state index contributed by atoms with van der Waals surface area (Å²) in [5.74, 6) is 1.09. The lowest BCUT2D eigenvalue weighted by atomic mass is 9.85. The summed E-state index contributed by atoms with van der Waals surface area (Å²) in [5.41, 5.74) is 0. The van der Waals surface area contributed by atoms with E-state index in [9.17, 15) is 4.79 Å². The van der Waals surface area contributed by atoms with Crippen LogP contribution < -0.4 is 5.32 Å². The van der Waals surface area contributed by atoms with Gasteiger partial charge in [0.05, 0.1) is 6.61 Å². The molecule has 2 unspecified atom stereocenters. The summed E-state index contributed by atoms with van der Waals surface area (Å²) in [4.78, 5) is 11.8. The first-order valence-electron chi connectivity index (χ1n) is 8.60. The summed E-state index contributed by atoms with van der Waals surface area (Å²) < 4.78 is 5.35. The van der Waals surface area contributed by atoms with Crippen LogP contribution in [0.2, 0.25) is 0 Å². The Hall–Kier alpha value is -0.570. The molecule has 0 aromatic rings. The fraction of sp³-hybridized carbons (Fsp3) is 0.941. The van der Waals surface area contributed by atoms with Crippen LogP contribution >= 0.6 is 0 Å². The first kappa shape index (κ1) is 17.5. The second kappa shape index (κ2) is 11.1. The van der Waals surface area contributed by atoms with Crippen LogP contribution in [-0.4, -0.2) is 25.7 Å². The van der Waals surface area contributed by atoms with Crippen molar-refractivity contribution < 1.29 is 9.53 Å². The van der Waals surface area contributed by atoms with Crippen molar-refractivity contribution in [3.8, 4) is 0 Å². The van der Waals surface area contributed by atoms with Crippen molar-refractivity contribution in [1.29, 1.82) is 0 Å². The molecule has 3 heteroatoms. The summed E-state index contributed by atoms with van der Waals surface area (Å²) in [6.07, 6.45) is 10.5. The van der Waals surface area contributed by atoms with Gasteiger partial charge in [0.2, 0.25) is 0 Å². The highest BCUT2D eigenvalue weighted by Crippen LogP contribution is 2.22. The van der Waals surface area contributed by atoms with Crippen LogP contribution in [0, 0.1) is 11.8 Å². The van der Waals surface area contributed by atoms with Crippen molar-refractivity contribution in [2.24, 2.45) is 11.8 Å². The second-order valence-corrected chi connectivity index (χ2v) is 6.28. The topological polar surface area (TPSA) is 38.3 Å². The Balaban J connectivity index is 1.99. The highest BCUT2D eigenvalue weighted by Gasteiger charge is 2.22. The summed E-state index contributed by atoms with van der Waals surface area (Å²) >= 11 is 0. The third kappa shape index (κ3) is 7.88. The summed E-state index contributed by atoms with van der Waals surface area (Å²) in [6, 6.07) is 0. The van der Waals surface area contributed by atoms with Crippen molar-refractivity contribution in [3.63, 3.8) is 0 Å². The number of ether oxygens (including phenoxy) is 1. The predicted octanol–water partition coefficient (Wildman–Crippen LogP) is 3.92. The van der Waals surface area contributed by atoms with Gasteiger partial charge in [-0.1, -0.05) is 46.0 Å². The predicted molar refractivity (Wildman–Crippen MR) is 83.7 cm³/mol. The fourth-order valence-electron chi connectivity index (χ4n) is 2.92. The average molecular weight is 283 g/mol. The Bertz CT molecular complexity index is 249. The molecule has 1 heterocycles. The van der Waals surface area contributed by atoms with Crippen molar-refractivity contribution in [3.05, 3.63) is 0 Å². The van der Waals surface area contributed by atoms with Crippen LogP contribution in [0.1, 0.15) is 71.6 Å². The largest absolute Gasteiger partial charge is 0.466 e. The maximum atomic E-state index is 11.8. The Morgan fingerprint density at radius 2 is 2.00 bits per heavy atom. The smallest absolute Gasteiger partial charge is 0.306 e. The molecule has 0 spiro atoms. The third-order valence-corrected chi connectivity index (χ3v) is 4.39. The Labute approximate surface area is 124 Å². The maximum absolute atomic E-state index is 11.8. The summed E-state index contributed by atoms with van der Waals surface area (Å²) in [7, 11) is 0. The molecule has 1 aliphatic rings. The molecular weight excluding hydrogens is 250 g/mol. The van der Waals surface area contributed by atoms with Gasteiger partial charge in [-0.3, -0.25) is 4.79 Å². The van der Waals surface area contributed by atoms with Crippen LogP contribution in [0.25, 0.3) is 0 Å². The van der Waals surface area contributed by atoms with Gasteiger partial charge in [0.25, 0.3) is 0 Å². The van der Waals surface area contributed by atoms with Gasteiger partial charge in [-0.25, -0.2) is 0 Å². The molecule has 3 nitrogen and oxygen atoms in total. The van der Waals surface area contributed by atoms with E-state index in [2.05, 4.69) is 19.2 Å². The average Bonchev–Trinajstić information content (AvgIpc) is 2.47. The lowest BCUT2D eigenvalue weighted by Crippen LogP contribution is -2.34. The van der Waals surface area contributed by atoms with Crippen molar-refractivity contribution in [2.45, 2.75) is 71.6 Å². The van der Waals surface area contributed by atoms with Gasteiger partial charge >= 0.3 is 5.97 Å². The SMILES string of the molecule is CCCCCCCCOC(=O)CC(C)C1CCCNC1. The zero-order chi connectivity index (χ0) is 14.6. The molecule has 1 saturated heterocycles. The molecule has 0 radical (unpaired) electrons. The molecule has 1 fully saturated rings. The number of piperidine rings is 1. The van der Waals surface area contributed by atoms with E-state index in [1.165, 1.54) is 44.9 Å². The van der Waals surface area contributed by atoms with Crippen LogP contribution in [0.5, 0.6) is 0 Å². The zero-order valence-corrected chi connectivity index (χ0v) is 13.5. The lowest BCUT2D eigenvalue weighted by molar-refractivity contribution is -0.145. The molecule has 0 aliphatic carbocycles. The molecular formula is C17H33NO2. The van der Waals surface area contributed by atoms with Gasteiger partial charge in [0.15, 0.2) is 0 Å². The highest BCUT2D eigenvalue weighted by molar-refractivity contribution is 5.69. The van der Waals surface area contributed by atoms with Gasteiger partial charge < -0.3 is 10.1 Å². The van der Waals surface area contributed by atoms with E-state index < -0.39 is 0 Å². The number of nitrogens with one attached hydrogen (secondary N) is 1. The van der Waals surface area contributed by atoms with Crippen LogP contribution in [-0.2, 0) is 9.53 Å². The van der Waals surface area contributed by atoms with Crippen molar-refractivity contribution in [1.82, 2.24) is 5.32 Å². The number of carbonyl (C=O) groups excluding carboxylic acids is 1. The number of hydrogen-bond acceptors (Lipinski definition) is 3. The Morgan fingerprint density at radius 1 is 1.25 bits per heavy atom. The minimum atomic E-state index is -0.00312. The van der Waals surface area contributed by atoms with Crippen LogP contribution in [0.3, 0.4) is 0 Å². The number of unbranched alkanes of at least 4 members (excludes halogenated alkanes) is 5. The zero-order valence-electron chi connectivity index (χ0n) is 13.5. The molecule has 0 aromatic carbocycles. The lowest BCUT2D eigenvalue weighted by Gasteiger charge is -2.27. The minimum absolute atomic E-state index is 0.00312. The van der Waals surface area contributed by atoms with Gasteiger partial charge in [0, 0.05) is 6.42 Å². The molecule has 0 amide bonds. The molecule has 1 rings (SSSR count). The first-order chi connectivity index (χ1) is 9.74. The minimum Gasteiger partial charge on any atom is -0.466 e. The standard InChI is InChI=1S/C17H33NO2/c1-3-4-5-6-7-8-12-20-17(19)13-15(2)16-10-9-11-18-14-16/h15-16,18H,3-14H2,1-2H3. The molecule has 118 valence electrons. The van der Waals surface area contributed by atoms with E-state index >= 15 is 0 Å². The number of carbonyl (C=O) groups is 1. The summed E-state index contributed by atoms with van der Waals surface area (Å²) in [5, 5.41) is 3.41. The molecule has 20 heavy (non-hydrogen) atoms. The van der Waals surface area contributed by atoms with E-state index in [0.29, 0.717) is 24.9 Å². The Morgan fingerprint density at radius 3 is 2.70 bits per heavy atom. The fourth-order valence-corrected chi connectivity index (χ4v) is 2.92. The molecule has 1 N–H and O–H groups in total. The van der Waals surface area contributed by atoms with E-state index in [4.69, 9.17) is 4.74 Å². The van der Waals surface area contributed by atoms with Gasteiger partial charge in [-0.2, -0.15) is 0 Å². The number of esters is 1. The van der Waals surface area contributed by atoms with Gasteiger partial charge in [-0.15, -0.1) is 0 Å². The number of hydrogen-bond donors (Lipinski definition) is 1. The second-order valence-electron chi connectivity index (χ2n) is 6.28. The molecule has 0 aromatic heterocycles. The highest BCUT2D eigenvalue weighted by atomic mass is 16.5. The molecule has 2 atom stereocenters. The number of rotatable bonds is 10. The quantitative estimate of drug-likeness (QED) is 0.488. The third-order valence-electron chi connectivity index (χ3n) is 4.39. The Kier molecular flexibility index (Phi) is 9.73. The van der Waals surface area contributed by atoms with Crippen LogP contribution in [0.15, 0.2) is 0 Å². The molecule has 1 aliphatic heterocycles. The van der Waals surface area contributed by atoms with Crippen molar-refractivity contribution >= 4 is 5.97 Å². The van der Waals surface area contributed by atoms with E-state index in [1.54, 1.807) is 0 Å². The molecule has 0 saturated carbocycles. The van der Waals surface area contributed by atoms with Crippen LogP contribution in [0.4, 0.5) is 0 Å². The van der Waals surface area contributed by atoms with Gasteiger partial charge in [-0.05, 0) is 44.2 Å². The normalized spacial score (nSPS) is 20.6. The van der Waals surface area contributed by atoms with E-state index in [-0.39, 0.29) is 5.97 Å². The molecule has 0 bridgehead atoms. The maximum Gasteiger partial charge on any atom is 0.306 e. The van der Waals surface area contributed by atoms with E-state index in [1.807, 2.05) is 0 Å². The van der Waals surface area contributed by atoms with Gasteiger partial charge in [0.1, 0.15) is 0 Å². The monoisotopic (exact) mass is 283 g/mol. The first-order valence-corrected chi connectivity index (χ1v) is 8.60. The summed E-state index contributed by atoms with van der Waals surface area (Å²) in [6.45, 7) is 7.21. The van der Waals surface area contributed by atoms with E-state index in [0.717, 1.165) is 19.5 Å². The van der Waals surface area contributed by atoms with Crippen molar-refractivity contribution in [2.75, 3.05) is 19.7 Å².